The van der Waals surface area contributed by atoms with Crippen LogP contribution in [-0.2, 0) is 129 Å². The van der Waals surface area contributed by atoms with Crippen LogP contribution in [0.25, 0.3) is 0 Å². The SMILES string of the molecule is CCC(C)(C)C(=O)NCC(=O)OC1C2CC3C(O2)C1OS3(=O)=O.CCC(C)(C)C(=O)NCC(=O)OC1C2OS(=O)(=O)C3CC1(CO)CC23CO.CCC(C)(C)C(=O)NCCNC(=O)CCC(=O)OC1C2CC3C1OS(=O)(=O)C3C2.CCC(C)(C)C(=O)NCCOC(=O)CCOC1C2CC3C1OS(=O)(=O)C3C2. The normalized spacial score (nSPS) is 35.0. The van der Waals surface area contributed by atoms with Crippen molar-refractivity contribution in [2.45, 2.75) is 255 Å². The molecule has 12 rings (SSSR count). The average molecular weight is 1590 g/mol. The standard InChI is InChI=1S/C19H30N2O7S.C18H29NO7S.C17H27NO8S.C14H21NO7S/c1-4-19(2,3)18(24)21-8-7-20-14(22)5-6-15(23)27-16-11-9-12-13(10-11)29(25,26)28-17(12)16;1-4-18(2,3)17(21)19-6-8-24-14(20)5-7-25-15-11-9-12-13(10-11)27(22,23)26-16(12)15;1-4-15(2,3)14(22)18-6-11(21)25-12-13-17(9-20)7-16(12,8-19)5-10(17)27(23,24)26-13;1-4-14(2,3)13(17)15-6-9(16)21-10-7-5-8-11(20-7)12(10)22-23(8,18)19/h11-13,16-17H,4-10H2,1-3H3,(H,20,22)(H,21,24);11-13,15-16H,4-10H2,1-3H3,(H,19,21);10,12-13,19-20H,4-9H2,1-3H3,(H,18,22);7-8,10-12H,4-6H2,1-3H3,(H,15,17). The van der Waals surface area contributed by atoms with Crippen molar-refractivity contribution in [1.82, 2.24) is 26.6 Å². The van der Waals surface area contributed by atoms with Crippen molar-refractivity contribution in [3.05, 3.63) is 0 Å². The fourth-order valence-corrected chi connectivity index (χ4v) is 23.8. The number of nitrogens with one attached hydrogen (secondary N) is 5. The number of amides is 5. The molecule has 34 nitrogen and oxygen atoms in total. The molecule has 6 saturated heterocycles. The maximum atomic E-state index is 12.3. The minimum absolute atomic E-state index is 0.0148. The van der Waals surface area contributed by atoms with Gasteiger partial charge in [-0.1, -0.05) is 83.1 Å². The Morgan fingerprint density at radius 1 is 0.462 bits per heavy atom. The summed E-state index contributed by atoms with van der Waals surface area (Å²) in [6, 6.07) is 0. The van der Waals surface area contributed by atoms with E-state index in [9.17, 15) is 87.0 Å². The van der Waals surface area contributed by atoms with Crippen LogP contribution in [0.3, 0.4) is 0 Å². The highest BCUT2D eigenvalue weighted by molar-refractivity contribution is 7.88. The lowest BCUT2D eigenvalue weighted by molar-refractivity contribution is -0.165. The van der Waals surface area contributed by atoms with Crippen LogP contribution in [0.4, 0.5) is 0 Å². The largest absolute Gasteiger partial charge is 0.464 e. The van der Waals surface area contributed by atoms with Gasteiger partial charge in [-0.3, -0.25) is 59.9 Å². The van der Waals surface area contributed by atoms with Gasteiger partial charge in [0.1, 0.15) is 67.7 Å². The molecule has 0 spiro atoms. The first-order chi connectivity index (χ1) is 49.3. The maximum absolute atomic E-state index is 12.3. The van der Waals surface area contributed by atoms with Crippen molar-refractivity contribution in [3.8, 4) is 0 Å². The molecule has 0 aromatic heterocycles. The van der Waals surface area contributed by atoms with Gasteiger partial charge in [-0.2, -0.15) is 33.7 Å². The molecule has 6 heterocycles. The van der Waals surface area contributed by atoms with E-state index in [1.54, 1.807) is 27.7 Å². The van der Waals surface area contributed by atoms with Crippen LogP contribution in [0.15, 0.2) is 0 Å². The minimum Gasteiger partial charge on any atom is -0.464 e. The van der Waals surface area contributed by atoms with Gasteiger partial charge in [-0.05, 0) is 76.5 Å². The Bertz CT molecular complexity index is 3820. The topological polar surface area (TPSA) is 483 Å². The van der Waals surface area contributed by atoms with E-state index in [0.29, 0.717) is 45.1 Å². The zero-order chi connectivity index (χ0) is 78.5. The number of ether oxygens (including phenoxy) is 6. The van der Waals surface area contributed by atoms with Gasteiger partial charge < -0.3 is 65.2 Å². The number of rotatable bonds is 30. The lowest BCUT2D eigenvalue weighted by atomic mass is 9.78. The summed E-state index contributed by atoms with van der Waals surface area (Å²) in [6.45, 7) is 21.9. The highest BCUT2D eigenvalue weighted by Crippen LogP contribution is 2.69. The van der Waals surface area contributed by atoms with E-state index in [0.717, 1.165) is 12.8 Å². The minimum atomic E-state index is -3.90. The third kappa shape index (κ3) is 17.4. The second-order valence-corrected chi connectivity index (χ2v) is 39.6. The number of aliphatic hydroxyl groups excluding tert-OH is 2. The van der Waals surface area contributed by atoms with Gasteiger partial charge in [-0.15, -0.1) is 0 Å². The average Bonchev–Trinajstić information content (AvgIpc) is 1.50. The molecule has 5 amide bonds. The van der Waals surface area contributed by atoms with Crippen LogP contribution in [0.2, 0.25) is 0 Å². The van der Waals surface area contributed by atoms with E-state index < -0.39 is 174 Å². The molecule has 0 aromatic rings. The van der Waals surface area contributed by atoms with Crippen molar-refractivity contribution < 1.29 is 132 Å². The fourth-order valence-electron chi connectivity index (χ4n) is 16.3. The van der Waals surface area contributed by atoms with Crippen LogP contribution >= 0.6 is 0 Å². The summed E-state index contributed by atoms with van der Waals surface area (Å²) in [5.74, 6) is -3.11. The maximum Gasteiger partial charge on any atom is 0.325 e. The predicted molar refractivity (Wildman–Crippen MR) is 370 cm³/mol. The van der Waals surface area contributed by atoms with E-state index in [1.807, 2.05) is 55.4 Å². The third-order valence-electron chi connectivity index (χ3n) is 24.3. The first kappa shape index (κ1) is 84.7. The first-order valence-corrected chi connectivity index (χ1v) is 42.5. The number of fused-ring (bicyclic) bond motifs is 4. The van der Waals surface area contributed by atoms with E-state index in [-0.39, 0.29) is 149 Å². The Morgan fingerprint density at radius 3 is 1.46 bits per heavy atom. The number of hydrogen-bond acceptors (Lipinski definition) is 29. The summed E-state index contributed by atoms with van der Waals surface area (Å²) in [4.78, 5) is 108. The Hall–Kier alpha value is -5.29. The van der Waals surface area contributed by atoms with Crippen molar-refractivity contribution in [2.24, 2.45) is 56.2 Å². The molecular weight excluding hydrogens is 1480 g/mol. The van der Waals surface area contributed by atoms with Crippen molar-refractivity contribution in [2.75, 3.05) is 59.2 Å². The Labute approximate surface area is 619 Å². The van der Waals surface area contributed by atoms with Crippen molar-refractivity contribution in [1.29, 1.82) is 0 Å². The molecule has 0 radical (unpaired) electrons. The second-order valence-electron chi connectivity index (χ2n) is 32.5. The third-order valence-corrected chi connectivity index (χ3v) is 31.4. The first-order valence-electron chi connectivity index (χ1n) is 36.6. The van der Waals surface area contributed by atoms with Gasteiger partial charge in [0, 0.05) is 69.8 Å². The summed E-state index contributed by atoms with van der Waals surface area (Å²) >= 11 is 0. The molecule has 106 heavy (non-hydrogen) atoms. The second kappa shape index (κ2) is 32.2. The van der Waals surface area contributed by atoms with Gasteiger partial charge in [-0.25, -0.2) is 0 Å². The van der Waals surface area contributed by atoms with E-state index in [4.69, 9.17) is 45.2 Å². The summed E-state index contributed by atoms with van der Waals surface area (Å²) in [5, 5.41) is 30.7. The number of aliphatic hydroxyl groups is 2. The van der Waals surface area contributed by atoms with Crippen LogP contribution in [0.5, 0.6) is 0 Å². The molecule has 8 bridgehead atoms. The molecule has 6 saturated carbocycles. The molecule has 12 fully saturated rings. The highest BCUT2D eigenvalue weighted by Gasteiger charge is 2.79. The van der Waals surface area contributed by atoms with E-state index in [1.165, 1.54) is 0 Å². The molecule has 602 valence electrons. The Kier molecular flexibility index (Phi) is 25.7. The van der Waals surface area contributed by atoms with Gasteiger partial charge in [0.25, 0.3) is 40.5 Å². The van der Waals surface area contributed by atoms with Crippen LogP contribution in [-0.4, -0.2) is 238 Å². The molecule has 0 aromatic carbocycles. The molecule has 7 N–H and O–H groups in total. The molecule has 12 aliphatic rings. The molecule has 38 heteroatoms. The summed E-state index contributed by atoms with van der Waals surface area (Å²) in [6.07, 6.45) is -0.524. The highest BCUT2D eigenvalue weighted by atomic mass is 32.2. The van der Waals surface area contributed by atoms with E-state index in [2.05, 4.69) is 26.6 Å². The lowest BCUT2D eigenvalue weighted by Crippen LogP contribution is -2.51. The van der Waals surface area contributed by atoms with Crippen LogP contribution < -0.4 is 26.6 Å². The molecule has 6 aliphatic heterocycles. The number of esters is 4. The zero-order valence-corrected chi connectivity index (χ0v) is 65.5. The summed E-state index contributed by atoms with van der Waals surface area (Å²) < 4.78 is 149. The molecule has 20 unspecified atom stereocenters. The number of carbonyl (C=O) groups excluding carboxylic acids is 9. The smallest absolute Gasteiger partial charge is 0.325 e. The molecule has 20 atom stereocenters. The quantitative estimate of drug-likeness (QED) is 0.0223. The van der Waals surface area contributed by atoms with Crippen molar-refractivity contribution in [3.63, 3.8) is 0 Å². The zero-order valence-electron chi connectivity index (χ0n) is 62.2. The van der Waals surface area contributed by atoms with Crippen LogP contribution in [0.1, 0.15) is 173 Å². The van der Waals surface area contributed by atoms with Gasteiger partial charge in [0.15, 0.2) is 6.10 Å². The fraction of sp³-hybridized carbons (Fsp3) is 0.868. The number of carbonyl (C=O) groups is 9. The Morgan fingerprint density at radius 2 is 0.934 bits per heavy atom. The van der Waals surface area contributed by atoms with Gasteiger partial charge >= 0.3 is 23.9 Å². The van der Waals surface area contributed by atoms with Crippen molar-refractivity contribution >= 4 is 93.9 Å². The Balaban J connectivity index is 0.000000164. The predicted octanol–water partition coefficient (Wildman–Crippen LogP) is 0.510. The van der Waals surface area contributed by atoms with Crippen LogP contribution in [0, 0.1) is 56.2 Å². The van der Waals surface area contributed by atoms with E-state index >= 15 is 0 Å². The lowest BCUT2D eigenvalue weighted by Gasteiger charge is -2.36. The van der Waals surface area contributed by atoms with Gasteiger partial charge in [0.05, 0.1) is 67.2 Å². The monoisotopic (exact) mass is 1590 g/mol. The van der Waals surface area contributed by atoms with Gasteiger partial charge in [0.2, 0.25) is 29.5 Å². The molecular formula is C68H107N5O29S4. The summed E-state index contributed by atoms with van der Waals surface area (Å²) in [7, 11) is -14.5. The molecule has 6 aliphatic carbocycles. The summed E-state index contributed by atoms with van der Waals surface area (Å²) in [5.41, 5.74) is -4.12. The number of hydrogen-bond donors (Lipinski definition) is 7.